The van der Waals surface area contributed by atoms with Crippen LogP contribution in [-0.2, 0) is 9.59 Å². The van der Waals surface area contributed by atoms with Crippen LogP contribution in [0.4, 0.5) is 0 Å². The summed E-state index contributed by atoms with van der Waals surface area (Å²) in [4.78, 5) is 21.6. The van der Waals surface area contributed by atoms with Gasteiger partial charge in [0.2, 0.25) is 5.91 Å². The smallest absolute Gasteiger partial charge is 0.307 e. The number of nitrogens with zero attached hydrogens (tertiary/aromatic N) is 1. The van der Waals surface area contributed by atoms with Crippen molar-refractivity contribution in [1.29, 1.82) is 5.26 Å². The summed E-state index contributed by atoms with van der Waals surface area (Å²) in [5, 5.41) is 19.0. The van der Waals surface area contributed by atoms with Crippen LogP contribution in [0.1, 0.15) is 13.8 Å². The molecule has 0 aliphatic carbocycles. The number of carboxylic acid groups (broad SMARTS) is 1. The lowest BCUT2D eigenvalue weighted by Crippen LogP contribution is -2.35. The summed E-state index contributed by atoms with van der Waals surface area (Å²) >= 11 is 0. The molecule has 0 heterocycles. The molecule has 0 radical (unpaired) electrons. The second-order valence-corrected chi connectivity index (χ2v) is 2.79. The second-order valence-electron chi connectivity index (χ2n) is 2.79. The molecule has 2 atom stereocenters. The fourth-order valence-corrected chi connectivity index (χ4v) is 0.729. The molecule has 0 fully saturated rings. The first-order valence-electron chi connectivity index (χ1n) is 3.88. The molecule has 0 saturated heterocycles. The fourth-order valence-electron chi connectivity index (χ4n) is 0.729. The van der Waals surface area contributed by atoms with E-state index in [1.54, 1.807) is 6.07 Å². The highest BCUT2D eigenvalue weighted by Gasteiger charge is 2.25. The minimum atomic E-state index is -1.01. The Morgan fingerprint density at radius 1 is 1.46 bits per heavy atom. The van der Waals surface area contributed by atoms with Crippen molar-refractivity contribution in [2.24, 2.45) is 11.8 Å². The molecule has 2 N–H and O–H groups in total. The molecule has 0 aromatic rings. The molecule has 0 aliphatic heterocycles. The molecule has 0 aromatic heterocycles. The van der Waals surface area contributed by atoms with Gasteiger partial charge in [-0.15, -0.1) is 0 Å². The number of amides is 1. The fraction of sp³-hybridized carbons (Fsp3) is 0.625. The number of rotatable bonds is 4. The minimum absolute atomic E-state index is 0.0878. The minimum Gasteiger partial charge on any atom is -0.481 e. The Balaban J connectivity index is 4.11. The first-order chi connectivity index (χ1) is 6.00. The van der Waals surface area contributed by atoms with Crippen molar-refractivity contribution in [1.82, 2.24) is 5.32 Å². The number of hydrogen-bond donors (Lipinski definition) is 2. The van der Waals surface area contributed by atoms with Gasteiger partial charge in [-0.2, -0.15) is 5.26 Å². The van der Waals surface area contributed by atoms with Gasteiger partial charge in [-0.25, -0.2) is 0 Å². The SMILES string of the molecule is CC(C(=O)O)C(C)C(=O)NCC#N. The van der Waals surface area contributed by atoms with Crippen molar-refractivity contribution in [3.05, 3.63) is 0 Å². The van der Waals surface area contributed by atoms with Crippen LogP contribution >= 0.6 is 0 Å². The maximum absolute atomic E-state index is 11.1. The van der Waals surface area contributed by atoms with Gasteiger partial charge in [0.25, 0.3) is 0 Å². The van der Waals surface area contributed by atoms with Gasteiger partial charge in [-0.1, -0.05) is 13.8 Å². The van der Waals surface area contributed by atoms with Gasteiger partial charge in [-0.3, -0.25) is 9.59 Å². The molecule has 0 bridgehead atoms. The Labute approximate surface area is 76.4 Å². The van der Waals surface area contributed by atoms with Crippen LogP contribution in [0.3, 0.4) is 0 Å². The summed E-state index contributed by atoms with van der Waals surface area (Å²) < 4.78 is 0. The standard InChI is InChI=1S/C8H12N2O3/c1-5(6(2)8(12)13)7(11)10-4-3-9/h5-6H,4H2,1-2H3,(H,10,11)(H,12,13). The van der Waals surface area contributed by atoms with Gasteiger partial charge in [0.1, 0.15) is 6.54 Å². The summed E-state index contributed by atoms with van der Waals surface area (Å²) in [7, 11) is 0. The summed E-state index contributed by atoms with van der Waals surface area (Å²) in [5.74, 6) is -2.78. The van der Waals surface area contributed by atoms with E-state index in [-0.39, 0.29) is 6.54 Å². The summed E-state index contributed by atoms with van der Waals surface area (Å²) in [6.45, 7) is 2.89. The van der Waals surface area contributed by atoms with Crippen molar-refractivity contribution < 1.29 is 14.7 Å². The highest BCUT2D eigenvalue weighted by molar-refractivity contribution is 5.84. The molecule has 0 rings (SSSR count). The number of hydrogen-bond acceptors (Lipinski definition) is 3. The summed E-state index contributed by atoms with van der Waals surface area (Å²) in [5.41, 5.74) is 0. The number of carbonyl (C=O) groups excluding carboxylic acids is 1. The van der Waals surface area contributed by atoms with Crippen molar-refractivity contribution in [3.63, 3.8) is 0 Å². The Morgan fingerprint density at radius 3 is 2.38 bits per heavy atom. The highest BCUT2D eigenvalue weighted by atomic mass is 16.4. The van der Waals surface area contributed by atoms with Crippen molar-refractivity contribution in [3.8, 4) is 6.07 Å². The molecule has 13 heavy (non-hydrogen) atoms. The van der Waals surface area contributed by atoms with Crippen LogP contribution in [0, 0.1) is 23.2 Å². The average molecular weight is 184 g/mol. The van der Waals surface area contributed by atoms with Gasteiger partial charge < -0.3 is 10.4 Å². The van der Waals surface area contributed by atoms with E-state index < -0.39 is 23.7 Å². The molecule has 0 aromatic carbocycles. The first-order valence-corrected chi connectivity index (χ1v) is 3.88. The second kappa shape index (κ2) is 5.14. The molecule has 0 spiro atoms. The number of carboxylic acids is 1. The normalized spacial score (nSPS) is 13.9. The van der Waals surface area contributed by atoms with Crippen molar-refractivity contribution in [2.45, 2.75) is 13.8 Å². The number of nitriles is 1. The van der Waals surface area contributed by atoms with Gasteiger partial charge in [-0.05, 0) is 0 Å². The van der Waals surface area contributed by atoms with Gasteiger partial charge in [0.15, 0.2) is 0 Å². The van der Waals surface area contributed by atoms with E-state index in [1.165, 1.54) is 13.8 Å². The summed E-state index contributed by atoms with van der Waals surface area (Å²) in [6.07, 6.45) is 0. The van der Waals surface area contributed by atoms with E-state index in [4.69, 9.17) is 10.4 Å². The van der Waals surface area contributed by atoms with Gasteiger partial charge in [0.05, 0.1) is 12.0 Å². The first kappa shape index (κ1) is 11.4. The van der Waals surface area contributed by atoms with E-state index >= 15 is 0 Å². The van der Waals surface area contributed by atoms with Crippen molar-refractivity contribution in [2.75, 3.05) is 6.54 Å². The molecule has 5 heteroatoms. The molecular formula is C8H12N2O3. The van der Waals surface area contributed by atoms with Gasteiger partial charge in [0, 0.05) is 5.92 Å². The topological polar surface area (TPSA) is 90.2 Å². The van der Waals surface area contributed by atoms with E-state index in [0.29, 0.717) is 0 Å². The Morgan fingerprint density at radius 2 is 2.00 bits per heavy atom. The molecular weight excluding hydrogens is 172 g/mol. The third-order valence-electron chi connectivity index (χ3n) is 1.89. The zero-order valence-electron chi connectivity index (χ0n) is 7.57. The van der Waals surface area contributed by atoms with E-state index in [2.05, 4.69) is 5.32 Å². The Hall–Kier alpha value is -1.57. The molecule has 1 amide bonds. The number of carbonyl (C=O) groups is 2. The quantitative estimate of drug-likeness (QED) is 0.601. The van der Waals surface area contributed by atoms with Crippen LogP contribution in [0.5, 0.6) is 0 Å². The van der Waals surface area contributed by atoms with Crippen LogP contribution in [-0.4, -0.2) is 23.5 Å². The largest absolute Gasteiger partial charge is 0.481 e. The van der Waals surface area contributed by atoms with Crippen molar-refractivity contribution >= 4 is 11.9 Å². The van der Waals surface area contributed by atoms with Crippen LogP contribution in [0.2, 0.25) is 0 Å². The van der Waals surface area contributed by atoms with Gasteiger partial charge >= 0.3 is 5.97 Å². The third-order valence-corrected chi connectivity index (χ3v) is 1.89. The Kier molecular flexibility index (Phi) is 4.52. The predicted octanol–water partition coefficient (Wildman–Crippen LogP) is -0.0170. The lowest BCUT2D eigenvalue weighted by atomic mass is 9.95. The highest BCUT2D eigenvalue weighted by Crippen LogP contribution is 2.10. The molecule has 0 aliphatic rings. The lowest BCUT2D eigenvalue weighted by molar-refractivity contribution is -0.146. The van der Waals surface area contributed by atoms with Crippen LogP contribution in [0.15, 0.2) is 0 Å². The van der Waals surface area contributed by atoms with E-state index in [1.807, 2.05) is 0 Å². The Bertz CT molecular complexity index is 244. The maximum Gasteiger partial charge on any atom is 0.307 e. The average Bonchev–Trinajstić information content (AvgIpc) is 2.11. The summed E-state index contributed by atoms with van der Waals surface area (Å²) in [6, 6.07) is 1.74. The molecule has 0 saturated carbocycles. The number of nitrogens with one attached hydrogen (secondary N) is 1. The van der Waals surface area contributed by atoms with E-state index in [9.17, 15) is 9.59 Å². The third kappa shape index (κ3) is 3.56. The zero-order valence-corrected chi connectivity index (χ0v) is 7.57. The molecule has 2 unspecified atom stereocenters. The van der Waals surface area contributed by atoms with E-state index in [0.717, 1.165) is 0 Å². The lowest BCUT2D eigenvalue weighted by Gasteiger charge is -2.14. The molecule has 5 nitrogen and oxygen atoms in total. The zero-order chi connectivity index (χ0) is 10.4. The van der Waals surface area contributed by atoms with Crippen LogP contribution in [0.25, 0.3) is 0 Å². The number of aliphatic carboxylic acids is 1. The van der Waals surface area contributed by atoms with Crippen LogP contribution < -0.4 is 5.32 Å². The monoisotopic (exact) mass is 184 g/mol. The maximum atomic E-state index is 11.1. The molecule has 72 valence electrons. The predicted molar refractivity (Wildman–Crippen MR) is 44.6 cm³/mol.